The number of furan rings is 1. The van der Waals surface area contributed by atoms with Gasteiger partial charge in [-0.25, -0.2) is 0 Å². The van der Waals surface area contributed by atoms with E-state index in [-0.39, 0.29) is 24.9 Å². The number of carbonyl (C=O) groups excluding carboxylic acids is 2. The van der Waals surface area contributed by atoms with Gasteiger partial charge < -0.3 is 19.1 Å². The molecule has 0 saturated carbocycles. The fraction of sp³-hybridized carbons (Fsp3) is 0.241. The Morgan fingerprint density at radius 2 is 1.62 bits per heavy atom. The van der Waals surface area contributed by atoms with Gasteiger partial charge in [-0.1, -0.05) is 48.0 Å². The fourth-order valence-electron chi connectivity index (χ4n) is 4.37. The lowest BCUT2D eigenvalue weighted by Gasteiger charge is -2.36. The van der Waals surface area contributed by atoms with Crippen molar-refractivity contribution in [2.45, 2.75) is 13.5 Å². The van der Waals surface area contributed by atoms with Gasteiger partial charge >= 0.3 is 0 Å². The van der Waals surface area contributed by atoms with Gasteiger partial charge in [0.05, 0.1) is 18.5 Å². The number of amides is 2. The molecular weight excluding hydrogens is 466 g/mol. The number of carbonyl (C=O) groups is 2. The number of rotatable bonds is 7. The van der Waals surface area contributed by atoms with Gasteiger partial charge in [0.1, 0.15) is 12.3 Å². The first-order valence-electron chi connectivity index (χ1n) is 12.4. The summed E-state index contributed by atoms with van der Waals surface area (Å²) in [5.74, 6) is 1.14. The zero-order chi connectivity index (χ0) is 25.6. The van der Waals surface area contributed by atoms with Crippen LogP contribution in [0.15, 0.2) is 89.5 Å². The molecule has 8 nitrogen and oxygen atoms in total. The molecule has 1 aliphatic rings. The van der Waals surface area contributed by atoms with E-state index in [9.17, 15) is 9.59 Å². The summed E-state index contributed by atoms with van der Waals surface area (Å²) in [6.07, 6.45) is 1.57. The average Bonchev–Trinajstić information content (AvgIpc) is 3.47. The Morgan fingerprint density at radius 3 is 2.27 bits per heavy atom. The van der Waals surface area contributed by atoms with E-state index in [0.29, 0.717) is 37.5 Å². The lowest BCUT2D eigenvalue weighted by atomic mass is 10.1. The minimum atomic E-state index is -0.197. The monoisotopic (exact) mass is 495 g/mol. The minimum absolute atomic E-state index is 0.0149. The number of piperazine rings is 1. The molecule has 2 aromatic carbocycles. The molecule has 0 unspecified atom stereocenters. The highest BCUT2D eigenvalue weighted by molar-refractivity contribution is 5.96. The summed E-state index contributed by atoms with van der Waals surface area (Å²) >= 11 is 0. The number of anilines is 1. The summed E-state index contributed by atoms with van der Waals surface area (Å²) in [4.78, 5) is 32.0. The van der Waals surface area contributed by atoms with Crippen LogP contribution in [0.3, 0.4) is 0 Å². The van der Waals surface area contributed by atoms with Crippen LogP contribution in [0, 0.1) is 6.92 Å². The molecule has 2 aromatic heterocycles. The van der Waals surface area contributed by atoms with E-state index in [1.807, 2.05) is 67.6 Å². The first kappa shape index (κ1) is 24.2. The molecule has 1 aliphatic heterocycles. The van der Waals surface area contributed by atoms with E-state index < -0.39 is 0 Å². The van der Waals surface area contributed by atoms with Crippen LogP contribution < -0.4 is 4.90 Å². The van der Waals surface area contributed by atoms with Crippen LogP contribution in [0.1, 0.15) is 21.7 Å². The second-order valence-electron chi connectivity index (χ2n) is 9.12. The topological polar surface area (TPSA) is 82.8 Å². The van der Waals surface area contributed by atoms with Gasteiger partial charge in [0.2, 0.25) is 5.91 Å². The fourth-order valence-corrected chi connectivity index (χ4v) is 4.37. The molecular formula is C29H29N5O3. The van der Waals surface area contributed by atoms with Crippen LogP contribution in [-0.2, 0) is 11.3 Å². The van der Waals surface area contributed by atoms with Gasteiger partial charge in [-0.05, 0) is 43.3 Å². The Bertz CT molecular complexity index is 1310. The van der Waals surface area contributed by atoms with Crippen LogP contribution in [0.5, 0.6) is 0 Å². The zero-order valence-electron chi connectivity index (χ0n) is 20.8. The Balaban J connectivity index is 1.21. The van der Waals surface area contributed by atoms with E-state index in [2.05, 4.69) is 15.1 Å². The first-order valence-corrected chi connectivity index (χ1v) is 12.4. The largest absolute Gasteiger partial charge is 0.467 e. The van der Waals surface area contributed by atoms with Crippen LogP contribution in [0.4, 0.5) is 5.82 Å². The van der Waals surface area contributed by atoms with Crippen molar-refractivity contribution in [1.29, 1.82) is 0 Å². The van der Waals surface area contributed by atoms with E-state index >= 15 is 0 Å². The molecule has 37 heavy (non-hydrogen) atoms. The quantitative estimate of drug-likeness (QED) is 0.385. The highest BCUT2D eigenvalue weighted by atomic mass is 16.3. The van der Waals surface area contributed by atoms with Crippen LogP contribution >= 0.6 is 0 Å². The molecule has 0 radical (unpaired) electrons. The second-order valence-corrected chi connectivity index (χ2v) is 9.12. The molecule has 3 heterocycles. The summed E-state index contributed by atoms with van der Waals surface area (Å²) in [5, 5.41) is 8.79. The average molecular weight is 496 g/mol. The number of hydrogen-bond donors (Lipinski definition) is 0. The highest BCUT2D eigenvalue weighted by Gasteiger charge is 2.26. The van der Waals surface area contributed by atoms with Gasteiger partial charge in [-0.3, -0.25) is 9.59 Å². The predicted octanol–water partition coefficient (Wildman–Crippen LogP) is 4.04. The Labute approximate surface area is 216 Å². The summed E-state index contributed by atoms with van der Waals surface area (Å²) in [5.41, 5.74) is 3.47. The van der Waals surface area contributed by atoms with Crippen molar-refractivity contribution in [1.82, 2.24) is 20.0 Å². The van der Waals surface area contributed by atoms with Crippen LogP contribution in [0.2, 0.25) is 0 Å². The summed E-state index contributed by atoms with van der Waals surface area (Å²) < 4.78 is 5.46. The first-order chi connectivity index (χ1) is 18.1. The summed E-state index contributed by atoms with van der Waals surface area (Å²) in [6, 6.07) is 24.8. The van der Waals surface area contributed by atoms with E-state index in [4.69, 9.17) is 4.42 Å². The minimum Gasteiger partial charge on any atom is -0.467 e. The molecule has 0 N–H and O–H groups in total. The third-order valence-corrected chi connectivity index (χ3v) is 6.52. The maximum atomic E-state index is 13.3. The maximum Gasteiger partial charge on any atom is 0.254 e. The lowest BCUT2D eigenvalue weighted by Crippen LogP contribution is -2.52. The smallest absolute Gasteiger partial charge is 0.254 e. The molecule has 5 rings (SSSR count). The number of hydrogen-bond acceptors (Lipinski definition) is 6. The van der Waals surface area contributed by atoms with Gasteiger partial charge in [-0.15, -0.1) is 10.2 Å². The number of aryl methyl sites for hydroxylation is 1. The third-order valence-electron chi connectivity index (χ3n) is 6.52. The molecule has 0 bridgehead atoms. The molecule has 1 fully saturated rings. The molecule has 0 aliphatic carbocycles. The van der Waals surface area contributed by atoms with Crippen molar-refractivity contribution in [2.24, 2.45) is 0 Å². The number of benzene rings is 2. The van der Waals surface area contributed by atoms with Gasteiger partial charge in [0, 0.05) is 37.3 Å². The predicted molar refractivity (Wildman–Crippen MR) is 141 cm³/mol. The van der Waals surface area contributed by atoms with Crippen LogP contribution in [0.25, 0.3) is 11.3 Å². The maximum absolute atomic E-state index is 13.3. The molecule has 188 valence electrons. The molecule has 4 aromatic rings. The van der Waals surface area contributed by atoms with Crippen molar-refractivity contribution in [3.63, 3.8) is 0 Å². The summed E-state index contributed by atoms with van der Waals surface area (Å²) in [6.45, 7) is 4.59. The number of aromatic nitrogens is 2. The van der Waals surface area contributed by atoms with E-state index in [1.54, 1.807) is 34.3 Å². The van der Waals surface area contributed by atoms with Gasteiger partial charge in [-0.2, -0.15) is 0 Å². The van der Waals surface area contributed by atoms with Crippen molar-refractivity contribution in [3.05, 3.63) is 102 Å². The Morgan fingerprint density at radius 1 is 0.865 bits per heavy atom. The number of nitrogens with zero attached hydrogens (tertiary/aromatic N) is 5. The van der Waals surface area contributed by atoms with Crippen molar-refractivity contribution >= 4 is 17.6 Å². The van der Waals surface area contributed by atoms with E-state index in [1.165, 1.54) is 0 Å². The Kier molecular flexibility index (Phi) is 7.26. The van der Waals surface area contributed by atoms with Gasteiger partial charge in [0.25, 0.3) is 5.91 Å². The molecule has 1 saturated heterocycles. The molecule has 8 heteroatoms. The molecule has 0 atom stereocenters. The zero-order valence-corrected chi connectivity index (χ0v) is 20.8. The standard InChI is InChI=1S/C29H29N5O3/c1-22-9-11-24(12-10-22)29(36)34(20-25-8-5-19-37-25)21-28(35)33-17-15-32(16-18-33)27-14-13-26(30-31-27)23-6-3-2-4-7-23/h2-14,19H,15-18,20-21H2,1H3. The summed E-state index contributed by atoms with van der Waals surface area (Å²) in [7, 11) is 0. The lowest BCUT2D eigenvalue weighted by molar-refractivity contribution is -0.132. The second kappa shape index (κ2) is 11.1. The highest BCUT2D eigenvalue weighted by Crippen LogP contribution is 2.19. The van der Waals surface area contributed by atoms with Crippen LogP contribution in [-0.4, -0.2) is 64.5 Å². The van der Waals surface area contributed by atoms with Gasteiger partial charge in [0.15, 0.2) is 5.82 Å². The van der Waals surface area contributed by atoms with Crippen molar-refractivity contribution < 1.29 is 14.0 Å². The molecule has 2 amide bonds. The van der Waals surface area contributed by atoms with E-state index in [0.717, 1.165) is 22.6 Å². The van der Waals surface area contributed by atoms with Crippen molar-refractivity contribution in [2.75, 3.05) is 37.6 Å². The van der Waals surface area contributed by atoms with Crippen molar-refractivity contribution in [3.8, 4) is 11.3 Å². The molecule has 0 spiro atoms. The third kappa shape index (κ3) is 5.86. The normalized spacial score (nSPS) is 13.4. The Hall–Kier alpha value is -4.46. The SMILES string of the molecule is Cc1ccc(C(=O)N(CC(=O)N2CCN(c3ccc(-c4ccccc4)nn3)CC2)Cc2ccco2)cc1.